The lowest BCUT2D eigenvalue weighted by Crippen LogP contribution is -2.26. The lowest BCUT2D eigenvalue weighted by molar-refractivity contribution is 0.318. The first-order valence-electron chi connectivity index (χ1n) is 6.48. The molecule has 5 nitrogen and oxygen atoms in total. The van der Waals surface area contributed by atoms with Crippen LogP contribution in [-0.4, -0.2) is 22.6 Å². The monoisotopic (exact) mass is 270 g/mol. The highest BCUT2D eigenvalue weighted by molar-refractivity contribution is 6.02. The fourth-order valence-corrected chi connectivity index (χ4v) is 2.07. The molecular weight excluding hydrogens is 252 g/mol. The Kier molecular flexibility index (Phi) is 4.55. The minimum absolute atomic E-state index is 0.111. The Hall–Kier alpha value is -2.56. The highest BCUT2D eigenvalue weighted by atomic mass is 16.4. The molecule has 104 valence electrons. The summed E-state index contributed by atoms with van der Waals surface area (Å²) in [6.45, 7) is 3.53. The van der Waals surface area contributed by atoms with Crippen LogP contribution in [0.5, 0.6) is 0 Å². The van der Waals surface area contributed by atoms with Crippen LogP contribution in [0.25, 0.3) is 0 Å². The number of hydrogen-bond donors (Lipinski definition) is 2. The molecule has 0 aliphatic rings. The molecule has 0 fully saturated rings. The minimum Gasteiger partial charge on any atom is -0.409 e. The van der Waals surface area contributed by atoms with Gasteiger partial charge in [-0.2, -0.15) is 0 Å². The van der Waals surface area contributed by atoms with Crippen molar-refractivity contribution >= 4 is 11.5 Å². The Morgan fingerprint density at radius 2 is 2.00 bits per heavy atom. The molecule has 5 heteroatoms. The Morgan fingerprint density at radius 3 is 2.65 bits per heavy atom. The predicted molar refractivity (Wildman–Crippen MR) is 79.9 cm³/mol. The van der Waals surface area contributed by atoms with E-state index in [1.54, 1.807) is 6.20 Å². The standard InChI is InChI=1S/C15H18N4O/c1-2-19(11-12-7-5-6-10-17-12)14-9-4-3-8-13(14)15(16)18-20/h3-10,20H,2,11H2,1H3,(H2,16,18). The van der Waals surface area contributed by atoms with Crippen molar-refractivity contribution in [1.29, 1.82) is 0 Å². The lowest BCUT2D eigenvalue weighted by atomic mass is 10.1. The van der Waals surface area contributed by atoms with Gasteiger partial charge in [-0.1, -0.05) is 23.4 Å². The second-order valence-electron chi connectivity index (χ2n) is 4.34. The lowest BCUT2D eigenvalue weighted by Gasteiger charge is -2.25. The van der Waals surface area contributed by atoms with Crippen LogP contribution in [-0.2, 0) is 6.54 Å². The molecule has 0 amide bonds. The first-order valence-corrected chi connectivity index (χ1v) is 6.48. The molecule has 0 aliphatic carbocycles. The third-order valence-electron chi connectivity index (χ3n) is 3.09. The largest absolute Gasteiger partial charge is 0.409 e. The number of anilines is 1. The van der Waals surface area contributed by atoms with Crippen molar-refractivity contribution in [2.45, 2.75) is 13.5 Å². The quantitative estimate of drug-likeness (QED) is 0.378. The van der Waals surface area contributed by atoms with Crippen LogP contribution >= 0.6 is 0 Å². The molecule has 0 radical (unpaired) electrons. The molecule has 1 aromatic heterocycles. The van der Waals surface area contributed by atoms with E-state index in [0.29, 0.717) is 12.1 Å². The molecule has 0 unspecified atom stereocenters. The van der Waals surface area contributed by atoms with Crippen LogP contribution in [0.15, 0.2) is 53.8 Å². The number of para-hydroxylation sites is 1. The van der Waals surface area contributed by atoms with Gasteiger partial charge in [0.1, 0.15) is 0 Å². The normalized spacial score (nSPS) is 11.3. The molecule has 1 heterocycles. The highest BCUT2D eigenvalue weighted by Gasteiger charge is 2.13. The summed E-state index contributed by atoms with van der Waals surface area (Å²) in [6, 6.07) is 13.4. The molecule has 0 saturated carbocycles. The molecule has 0 atom stereocenters. The maximum absolute atomic E-state index is 8.89. The van der Waals surface area contributed by atoms with Crippen molar-refractivity contribution in [2.24, 2.45) is 10.9 Å². The zero-order valence-electron chi connectivity index (χ0n) is 11.4. The van der Waals surface area contributed by atoms with E-state index in [0.717, 1.165) is 17.9 Å². The van der Waals surface area contributed by atoms with E-state index < -0.39 is 0 Å². The fraction of sp³-hybridized carbons (Fsp3) is 0.200. The average Bonchev–Trinajstić information content (AvgIpc) is 2.53. The molecule has 20 heavy (non-hydrogen) atoms. The minimum atomic E-state index is 0.111. The molecule has 0 saturated heterocycles. The number of hydrogen-bond acceptors (Lipinski definition) is 4. The number of amidine groups is 1. The summed E-state index contributed by atoms with van der Waals surface area (Å²) < 4.78 is 0. The van der Waals surface area contributed by atoms with Crippen LogP contribution in [0.4, 0.5) is 5.69 Å². The Bertz CT molecular complexity index is 583. The predicted octanol–water partition coefficient (Wildman–Crippen LogP) is 2.20. The first kappa shape index (κ1) is 13.9. The summed E-state index contributed by atoms with van der Waals surface area (Å²) >= 11 is 0. The Morgan fingerprint density at radius 1 is 1.25 bits per heavy atom. The van der Waals surface area contributed by atoms with Gasteiger partial charge < -0.3 is 15.8 Å². The number of aromatic nitrogens is 1. The van der Waals surface area contributed by atoms with E-state index in [2.05, 4.69) is 22.0 Å². The van der Waals surface area contributed by atoms with E-state index in [-0.39, 0.29) is 5.84 Å². The Balaban J connectivity index is 2.33. The summed E-state index contributed by atoms with van der Waals surface area (Å²) in [7, 11) is 0. The summed E-state index contributed by atoms with van der Waals surface area (Å²) in [5, 5.41) is 12.0. The van der Waals surface area contributed by atoms with E-state index in [1.807, 2.05) is 42.5 Å². The number of rotatable bonds is 5. The van der Waals surface area contributed by atoms with Gasteiger partial charge >= 0.3 is 0 Å². The second-order valence-corrected chi connectivity index (χ2v) is 4.34. The molecule has 0 aliphatic heterocycles. The van der Waals surface area contributed by atoms with Gasteiger partial charge in [0.15, 0.2) is 5.84 Å². The summed E-state index contributed by atoms with van der Waals surface area (Å²) in [6.07, 6.45) is 1.78. The van der Waals surface area contributed by atoms with Gasteiger partial charge in [0.25, 0.3) is 0 Å². The number of oxime groups is 1. The summed E-state index contributed by atoms with van der Waals surface area (Å²) in [5.41, 5.74) is 8.36. The third-order valence-corrected chi connectivity index (χ3v) is 3.09. The molecule has 2 rings (SSSR count). The van der Waals surface area contributed by atoms with Crippen molar-refractivity contribution in [3.05, 3.63) is 59.9 Å². The maximum atomic E-state index is 8.89. The van der Waals surface area contributed by atoms with E-state index in [9.17, 15) is 0 Å². The van der Waals surface area contributed by atoms with Gasteiger partial charge in [0, 0.05) is 24.0 Å². The fourth-order valence-electron chi connectivity index (χ4n) is 2.07. The van der Waals surface area contributed by atoms with E-state index >= 15 is 0 Å². The van der Waals surface area contributed by atoms with Crippen molar-refractivity contribution in [3.8, 4) is 0 Å². The number of benzene rings is 1. The summed E-state index contributed by atoms with van der Waals surface area (Å²) in [5.74, 6) is 0.111. The Labute approximate surface area is 118 Å². The third kappa shape index (κ3) is 3.06. The van der Waals surface area contributed by atoms with Gasteiger partial charge in [-0.3, -0.25) is 4.98 Å². The van der Waals surface area contributed by atoms with Crippen molar-refractivity contribution in [1.82, 2.24) is 4.98 Å². The van der Waals surface area contributed by atoms with Crippen molar-refractivity contribution < 1.29 is 5.21 Å². The van der Waals surface area contributed by atoms with Gasteiger partial charge in [0.05, 0.1) is 12.2 Å². The molecule has 1 aromatic carbocycles. The molecule has 0 spiro atoms. The smallest absolute Gasteiger partial charge is 0.172 e. The van der Waals surface area contributed by atoms with Gasteiger partial charge in [-0.25, -0.2) is 0 Å². The highest BCUT2D eigenvalue weighted by Crippen LogP contribution is 2.21. The van der Waals surface area contributed by atoms with Crippen LogP contribution in [0.2, 0.25) is 0 Å². The second kappa shape index (κ2) is 6.56. The topological polar surface area (TPSA) is 74.7 Å². The van der Waals surface area contributed by atoms with Crippen LogP contribution < -0.4 is 10.6 Å². The van der Waals surface area contributed by atoms with Crippen molar-refractivity contribution in [3.63, 3.8) is 0 Å². The van der Waals surface area contributed by atoms with E-state index in [4.69, 9.17) is 10.9 Å². The molecule has 2 aromatic rings. The van der Waals surface area contributed by atoms with E-state index in [1.165, 1.54) is 0 Å². The zero-order valence-corrected chi connectivity index (χ0v) is 11.4. The van der Waals surface area contributed by atoms with Gasteiger partial charge in [-0.05, 0) is 31.2 Å². The summed E-state index contributed by atoms with van der Waals surface area (Å²) in [4.78, 5) is 6.47. The molecule has 3 N–H and O–H groups in total. The van der Waals surface area contributed by atoms with Crippen LogP contribution in [0, 0.1) is 0 Å². The first-order chi connectivity index (χ1) is 9.76. The SMILES string of the molecule is CCN(Cc1ccccn1)c1ccccc1/C(N)=N/O. The molecular formula is C15H18N4O. The maximum Gasteiger partial charge on any atom is 0.172 e. The number of pyridine rings is 1. The van der Waals surface area contributed by atoms with Crippen LogP contribution in [0.1, 0.15) is 18.2 Å². The zero-order chi connectivity index (χ0) is 14.4. The number of nitrogens with two attached hydrogens (primary N) is 1. The molecule has 0 bridgehead atoms. The van der Waals surface area contributed by atoms with Crippen LogP contribution in [0.3, 0.4) is 0 Å². The van der Waals surface area contributed by atoms with Gasteiger partial charge in [0.2, 0.25) is 0 Å². The average molecular weight is 270 g/mol. The van der Waals surface area contributed by atoms with Crippen molar-refractivity contribution in [2.75, 3.05) is 11.4 Å². The van der Waals surface area contributed by atoms with Gasteiger partial charge in [-0.15, -0.1) is 0 Å². The number of nitrogens with zero attached hydrogens (tertiary/aromatic N) is 3.